The van der Waals surface area contributed by atoms with Crippen LogP contribution in [0, 0.1) is 5.92 Å². The molecule has 2 aliphatic heterocycles. The number of carboxylic acid groups (broad SMARTS) is 2. The molecule has 3 aliphatic rings. The number of rotatable bonds is 39. The Balaban J connectivity index is 1.05. The van der Waals surface area contributed by atoms with Crippen molar-refractivity contribution in [3.8, 4) is 5.75 Å². The molecule has 0 saturated heterocycles. The third-order valence-electron chi connectivity index (χ3n) is 18.0. The van der Waals surface area contributed by atoms with Gasteiger partial charge in [-0.1, -0.05) is 94.1 Å². The summed E-state index contributed by atoms with van der Waals surface area (Å²) in [5, 5.41) is 27.9. The highest BCUT2D eigenvalue weighted by atomic mass is 32.2. The number of amides is 3. The van der Waals surface area contributed by atoms with Crippen molar-refractivity contribution in [2.24, 2.45) is 5.92 Å². The van der Waals surface area contributed by atoms with Gasteiger partial charge in [-0.3, -0.25) is 28.3 Å². The van der Waals surface area contributed by atoms with Gasteiger partial charge in [0.2, 0.25) is 11.6 Å². The minimum absolute atomic E-state index is 0.00451. The van der Waals surface area contributed by atoms with E-state index in [0.29, 0.717) is 80.8 Å². The van der Waals surface area contributed by atoms with Crippen molar-refractivity contribution in [3.63, 3.8) is 0 Å². The highest BCUT2D eigenvalue weighted by Gasteiger charge is 2.44. The fourth-order valence-electron chi connectivity index (χ4n) is 12.9. The van der Waals surface area contributed by atoms with Crippen molar-refractivity contribution < 1.29 is 74.2 Å². The lowest BCUT2D eigenvalue weighted by Gasteiger charge is -2.27. The quantitative estimate of drug-likeness (QED) is 0.0117. The number of benzene rings is 3. The maximum Gasteiger partial charge on any atom is 0.326 e. The van der Waals surface area contributed by atoms with Crippen LogP contribution >= 0.6 is 0 Å². The van der Waals surface area contributed by atoms with Crippen LogP contribution in [0.25, 0.3) is 0 Å². The van der Waals surface area contributed by atoms with E-state index < -0.39 is 72.8 Å². The molecule has 0 bridgehead atoms. The average molecular weight is 1360 g/mol. The van der Waals surface area contributed by atoms with E-state index in [4.69, 9.17) is 4.74 Å². The van der Waals surface area contributed by atoms with E-state index in [9.17, 15) is 64.9 Å². The van der Waals surface area contributed by atoms with E-state index in [2.05, 4.69) is 112 Å². The van der Waals surface area contributed by atoms with Crippen LogP contribution in [0.3, 0.4) is 0 Å². The predicted molar refractivity (Wildman–Crippen MR) is 369 cm³/mol. The Morgan fingerprint density at radius 2 is 1.35 bits per heavy atom. The molecule has 8 N–H and O–H groups in total. The number of anilines is 1. The third kappa shape index (κ3) is 22.2. The lowest BCUT2D eigenvalue weighted by Crippen LogP contribution is -2.48. The number of hydrogen-bond acceptors (Lipinski definition) is 13. The summed E-state index contributed by atoms with van der Waals surface area (Å²) in [5.74, 6) is -3.95. The number of unbranched alkanes of at least 4 members (excludes halogenated alkanes) is 7. The van der Waals surface area contributed by atoms with Crippen LogP contribution < -0.4 is 25.6 Å². The van der Waals surface area contributed by atoms with Crippen LogP contribution in [0.15, 0.2) is 132 Å². The van der Waals surface area contributed by atoms with Gasteiger partial charge in [-0.25, -0.2) is 14.6 Å². The number of H-pyrrole nitrogens is 1. The Labute approximate surface area is 564 Å². The fraction of sp³-hybridized carbons (Fsp3) is 0.500. The topological polar surface area (TPSA) is 332 Å². The largest absolute Gasteiger partial charge is 0.481 e. The monoisotopic (exact) mass is 1360 g/mol. The first-order chi connectivity index (χ1) is 45.5. The molecule has 0 saturated carbocycles. The van der Waals surface area contributed by atoms with Gasteiger partial charge in [0.1, 0.15) is 29.9 Å². The normalized spacial score (nSPS) is 17.0. The highest BCUT2D eigenvalue weighted by molar-refractivity contribution is 7.86. The summed E-state index contributed by atoms with van der Waals surface area (Å²) in [7, 11) is -8.26. The molecule has 0 unspecified atom stereocenters. The molecule has 1 aliphatic carbocycles. The zero-order valence-corrected chi connectivity index (χ0v) is 57.7. The molecule has 0 spiro atoms. The highest BCUT2D eigenvalue weighted by Crippen LogP contribution is 2.48. The van der Waals surface area contributed by atoms with Crippen LogP contribution in [0.2, 0.25) is 0 Å². The number of allylic oxidation sites excluding steroid dienone is 7. The number of nitrogens with one attached hydrogen (secondary N) is 4. The zero-order chi connectivity index (χ0) is 69.8. The van der Waals surface area contributed by atoms with Gasteiger partial charge in [0.05, 0.1) is 35.2 Å². The molecule has 4 aromatic rings. The molecule has 24 heteroatoms. The minimum atomic E-state index is -4.13. The number of aromatic amines is 1. The van der Waals surface area contributed by atoms with Crippen molar-refractivity contribution in [1.29, 1.82) is 0 Å². The second-order valence-corrected chi connectivity index (χ2v) is 29.8. The van der Waals surface area contributed by atoms with Gasteiger partial charge in [0.25, 0.3) is 20.2 Å². The number of carbonyl (C=O) groups is 6. The molecule has 0 radical (unpaired) electrons. The maximum atomic E-state index is 14.1. The molecule has 520 valence electrons. The molecule has 3 heterocycles. The first-order valence-corrected chi connectivity index (χ1v) is 36.7. The fourth-order valence-corrected chi connectivity index (χ4v) is 14.0. The molecule has 3 amide bonds. The van der Waals surface area contributed by atoms with E-state index in [-0.39, 0.29) is 80.6 Å². The number of carboxylic acids is 2. The van der Waals surface area contributed by atoms with Gasteiger partial charge >= 0.3 is 18.0 Å². The molecular formula is C72H96N7O15S2+. The first-order valence-electron chi connectivity index (χ1n) is 33.5. The summed E-state index contributed by atoms with van der Waals surface area (Å²) in [6.07, 6.45) is 19.6. The van der Waals surface area contributed by atoms with E-state index in [0.717, 1.165) is 77.2 Å². The van der Waals surface area contributed by atoms with Crippen molar-refractivity contribution in [2.75, 3.05) is 29.5 Å². The number of aromatic nitrogens is 2. The lowest BCUT2D eigenvalue weighted by atomic mass is 9.81. The number of hydrogen-bond donors (Lipinski definition) is 8. The van der Waals surface area contributed by atoms with Gasteiger partial charge in [-0.05, 0) is 145 Å². The Hall–Kier alpha value is -8.06. The van der Waals surface area contributed by atoms with E-state index >= 15 is 0 Å². The number of fused-ring (bicyclic) bond motifs is 2. The van der Waals surface area contributed by atoms with E-state index in [1.165, 1.54) is 6.33 Å². The molecule has 96 heavy (non-hydrogen) atoms. The summed E-state index contributed by atoms with van der Waals surface area (Å²) in [4.78, 5) is 85.9. The van der Waals surface area contributed by atoms with E-state index in [1.54, 1.807) is 44.3 Å². The smallest absolute Gasteiger partial charge is 0.326 e. The third-order valence-corrected chi connectivity index (χ3v) is 19.6. The Morgan fingerprint density at radius 1 is 0.698 bits per heavy atom. The number of ketones is 2. The SMILES string of the molecule is CC(C)NC(=O)N[C@@H](CCC(=O)CCCCCCCCC(=O)N[C@@H](Cc1cnc[nH]1)C(=O)C[C@@H](Cc1ccc(OC2=C(C=CC3=[N+](CCCCS(=O)(=O)O)c4ccccc4C3(C)C)CCCC2=CC=C2N(CCCCS(=O)(=O)O)c3ccccc3C2(C)C)cc1)C(=O)O)C(=O)O. The second kappa shape index (κ2) is 34.7. The minimum Gasteiger partial charge on any atom is -0.481 e. The van der Waals surface area contributed by atoms with Crippen LogP contribution in [0.5, 0.6) is 5.75 Å². The summed E-state index contributed by atoms with van der Waals surface area (Å²) < 4.78 is 75.0. The van der Waals surface area contributed by atoms with Gasteiger partial charge in [-0.15, -0.1) is 0 Å². The summed E-state index contributed by atoms with van der Waals surface area (Å²) in [6.45, 7) is 13.2. The van der Waals surface area contributed by atoms with Crippen LogP contribution in [0.1, 0.15) is 180 Å². The van der Waals surface area contributed by atoms with Crippen LogP contribution in [-0.4, -0.2) is 135 Å². The Bertz CT molecular complexity index is 3790. The Morgan fingerprint density at radius 3 is 2.01 bits per heavy atom. The molecule has 3 aromatic carbocycles. The predicted octanol–water partition coefficient (Wildman–Crippen LogP) is 11.4. The van der Waals surface area contributed by atoms with Crippen molar-refractivity contribution in [2.45, 2.75) is 199 Å². The number of nitrogens with zero attached hydrogens (tertiary/aromatic N) is 3. The van der Waals surface area contributed by atoms with Crippen molar-refractivity contribution in [1.82, 2.24) is 25.9 Å². The van der Waals surface area contributed by atoms with Crippen LogP contribution in [-0.2, 0) is 67.9 Å². The summed E-state index contributed by atoms with van der Waals surface area (Å²) in [6, 6.07) is 20.4. The number of imidazole rings is 1. The van der Waals surface area contributed by atoms with Gasteiger partial charge in [0, 0.05) is 97.5 Å². The standard InChI is InChI=1S/C72H95N7O15S2/c1-49(2)75-70(87)77-59(69(85)86)37-34-55(80)24-11-9-7-8-10-12-29-66(82)76-60(46-54-47-73-48-74-54)63(81)45-53(68(83)84)44-50-30-35-56(36-31-50)94-67-51(32-38-64-71(3,4)57-25-13-15-27-61(57)78(64)40-17-19-42-95(88,89)90)22-21-23-52(67)33-39-65-72(5,6)58-26-14-16-28-62(58)79(65)41-18-20-43-96(91,92)93/h13-16,25-28,30-33,35-36,38-39,47-49,53,59-60H,7-12,17-24,29,34,37,40-46H2,1-6H3,(H7-,73,74,75,76,77,82,83,84,85,86,87,88,89,90,91,92,93)/p+1/t53-,59+,60+/m1/s1. The lowest BCUT2D eigenvalue weighted by molar-refractivity contribution is -0.438. The number of Topliss-reactive ketones (excluding diaryl/α,β-unsaturated/α-hetero) is 2. The number of ether oxygens (including phenoxy) is 1. The second-order valence-electron chi connectivity index (χ2n) is 26.7. The number of urea groups is 1. The first kappa shape index (κ1) is 75.3. The molecule has 7 rings (SSSR count). The molecule has 22 nitrogen and oxygen atoms in total. The molecular weight excluding hydrogens is 1270 g/mol. The Kier molecular flexibility index (Phi) is 27.3. The molecule has 3 atom stereocenters. The summed E-state index contributed by atoms with van der Waals surface area (Å²) in [5.41, 5.74) is 8.44. The maximum absolute atomic E-state index is 14.1. The molecule has 1 aromatic heterocycles. The van der Waals surface area contributed by atoms with Crippen molar-refractivity contribution in [3.05, 3.63) is 155 Å². The summed E-state index contributed by atoms with van der Waals surface area (Å²) >= 11 is 0. The van der Waals surface area contributed by atoms with Gasteiger partial charge in [-0.2, -0.15) is 21.4 Å². The van der Waals surface area contributed by atoms with E-state index in [1.807, 2.05) is 24.3 Å². The number of para-hydroxylation sites is 2. The molecule has 0 fully saturated rings. The van der Waals surface area contributed by atoms with Gasteiger partial charge in [0.15, 0.2) is 11.5 Å². The zero-order valence-electron chi connectivity index (χ0n) is 56.1. The average Bonchev–Trinajstić information content (AvgIpc) is 1.60. The van der Waals surface area contributed by atoms with Gasteiger partial charge < -0.3 is 40.8 Å². The van der Waals surface area contributed by atoms with Crippen molar-refractivity contribution >= 4 is 72.8 Å². The van der Waals surface area contributed by atoms with Crippen LogP contribution in [0.4, 0.5) is 16.2 Å². The number of aliphatic carboxylic acids is 2. The number of carbonyl (C=O) groups excluding carboxylic acids is 4.